The van der Waals surface area contributed by atoms with Crippen molar-refractivity contribution >= 4 is 11.6 Å². The second-order valence-electron chi connectivity index (χ2n) is 4.15. The van der Waals surface area contributed by atoms with Gasteiger partial charge in [-0.05, 0) is 32.6 Å². The summed E-state index contributed by atoms with van der Waals surface area (Å²) in [5, 5.41) is 0.520. The fourth-order valence-electron chi connectivity index (χ4n) is 1.79. The highest BCUT2D eigenvalue weighted by molar-refractivity contribution is 6.32. The Morgan fingerprint density at radius 2 is 2.06 bits per heavy atom. The molecule has 4 heteroatoms. The van der Waals surface area contributed by atoms with Gasteiger partial charge in [0.25, 0.3) is 0 Å². The highest BCUT2D eigenvalue weighted by Gasteiger charge is 2.19. The van der Waals surface area contributed by atoms with Crippen LogP contribution < -0.4 is 4.74 Å². The molecule has 1 saturated carbocycles. The highest BCUT2D eigenvalue weighted by Crippen LogP contribution is 2.29. The summed E-state index contributed by atoms with van der Waals surface area (Å²) in [4.78, 5) is 8.07. The van der Waals surface area contributed by atoms with Crippen LogP contribution >= 0.6 is 11.6 Å². The largest absolute Gasteiger partial charge is 0.473 e. The van der Waals surface area contributed by atoms with Gasteiger partial charge in [-0.3, -0.25) is 0 Å². The van der Waals surface area contributed by atoms with Crippen LogP contribution in [0.5, 0.6) is 5.88 Å². The Labute approximate surface area is 101 Å². The molecule has 0 spiro atoms. The third-order valence-electron chi connectivity index (χ3n) is 2.85. The second kappa shape index (κ2) is 4.83. The van der Waals surface area contributed by atoms with E-state index < -0.39 is 0 Å². The van der Waals surface area contributed by atoms with Crippen molar-refractivity contribution in [2.45, 2.75) is 38.7 Å². The summed E-state index contributed by atoms with van der Waals surface area (Å²) in [6, 6.07) is 0. The van der Waals surface area contributed by atoms with Crippen molar-refractivity contribution in [3.8, 4) is 5.88 Å². The number of allylic oxidation sites excluding steroid dienone is 1. The Kier molecular flexibility index (Phi) is 3.44. The molecule has 0 aromatic carbocycles. The van der Waals surface area contributed by atoms with Crippen LogP contribution in [-0.4, -0.2) is 16.1 Å². The maximum absolute atomic E-state index is 6.07. The van der Waals surface area contributed by atoms with Gasteiger partial charge in [-0.15, -0.1) is 0 Å². The van der Waals surface area contributed by atoms with Gasteiger partial charge in [0.2, 0.25) is 5.88 Å². The van der Waals surface area contributed by atoms with E-state index in [0.29, 0.717) is 10.9 Å². The van der Waals surface area contributed by atoms with E-state index in [9.17, 15) is 0 Å². The van der Waals surface area contributed by atoms with E-state index in [1.54, 1.807) is 0 Å². The van der Waals surface area contributed by atoms with E-state index >= 15 is 0 Å². The molecule has 0 saturated heterocycles. The predicted molar refractivity (Wildman–Crippen MR) is 63.8 cm³/mol. The lowest BCUT2D eigenvalue weighted by atomic mass is 9.94. The summed E-state index contributed by atoms with van der Waals surface area (Å²) in [5.74, 6) is 0.506. The molecular formula is C12H15ClN2O. The summed E-state index contributed by atoms with van der Waals surface area (Å²) in [7, 11) is 0. The van der Waals surface area contributed by atoms with Crippen molar-refractivity contribution in [3.05, 3.63) is 29.2 Å². The fraction of sp³-hybridized carbons (Fsp3) is 0.500. The van der Waals surface area contributed by atoms with Gasteiger partial charge in [-0.25, -0.2) is 9.97 Å². The van der Waals surface area contributed by atoms with Crippen LogP contribution in [0.1, 0.15) is 31.4 Å². The van der Waals surface area contributed by atoms with E-state index in [2.05, 4.69) is 16.5 Å². The van der Waals surface area contributed by atoms with Gasteiger partial charge in [-0.2, -0.15) is 0 Å². The lowest BCUT2D eigenvalue weighted by Gasteiger charge is -2.24. The number of rotatable bonds is 2. The molecule has 1 heterocycles. The molecule has 0 bridgehead atoms. The minimum absolute atomic E-state index is 0.206. The van der Waals surface area contributed by atoms with E-state index in [1.165, 1.54) is 11.9 Å². The average Bonchev–Trinajstić information content (AvgIpc) is 2.28. The first kappa shape index (κ1) is 11.4. The lowest BCUT2D eigenvalue weighted by Crippen LogP contribution is -2.21. The molecule has 1 aliphatic rings. The quantitative estimate of drug-likeness (QED) is 0.742. The maximum atomic E-state index is 6.07. The maximum Gasteiger partial charge on any atom is 0.236 e. The normalized spacial score (nSPS) is 17.5. The first-order valence-electron chi connectivity index (χ1n) is 5.47. The molecule has 0 atom stereocenters. The smallest absolute Gasteiger partial charge is 0.236 e. The summed E-state index contributed by atoms with van der Waals surface area (Å²) < 4.78 is 5.79. The lowest BCUT2D eigenvalue weighted by molar-refractivity contribution is 0.162. The van der Waals surface area contributed by atoms with Gasteiger partial charge in [0.1, 0.15) is 17.5 Å². The molecule has 2 rings (SSSR count). The highest BCUT2D eigenvalue weighted by atomic mass is 35.5. The number of ether oxygens (including phenoxy) is 1. The molecule has 0 unspecified atom stereocenters. The Balaban J connectivity index is 2.04. The van der Waals surface area contributed by atoms with Crippen molar-refractivity contribution < 1.29 is 4.74 Å². The molecule has 86 valence electrons. The molecule has 16 heavy (non-hydrogen) atoms. The Morgan fingerprint density at radius 3 is 2.75 bits per heavy atom. The van der Waals surface area contributed by atoms with Crippen LogP contribution in [0.2, 0.25) is 5.02 Å². The monoisotopic (exact) mass is 238 g/mol. The number of aryl methyl sites for hydroxylation is 1. The van der Waals surface area contributed by atoms with E-state index in [0.717, 1.165) is 31.4 Å². The van der Waals surface area contributed by atoms with E-state index in [-0.39, 0.29) is 6.10 Å². The standard InChI is InChI=1S/C12H15ClN2O/c1-8-3-5-10(6-4-8)16-12-11(13)9(2)14-7-15-12/h7,10H,1,3-6H2,2H3. The molecular weight excluding hydrogens is 224 g/mol. The molecule has 0 radical (unpaired) electrons. The SMILES string of the molecule is C=C1CCC(Oc2ncnc(C)c2Cl)CC1. The van der Waals surface area contributed by atoms with Crippen molar-refractivity contribution in [2.24, 2.45) is 0 Å². The zero-order valence-corrected chi connectivity index (χ0v) is 10.1. The molecule has 1 fully saturated rings. The summed E-state index contributed by atoms with van der Waals surface area (Å²) in [6.45, 7) is 5.83. The molecule has 0 N–H and O–H groups in total. The van der Waals surface area contributed by atoms with E-state index in [1.807, 2.05) is 6.92 Å². The number of nitrogens with zero attached hydrogens (tertiary/aromatic N) is 2. The van der Waals surface area contributed by atoms with Crippen molar-refractivity contribution in [3.63, 3.8) is 0 Å². The van der Waals surface area contributed by atoms with Crippen LogP contribution in [0, 0.1) is 6.92 Å². The summed E-state index contributed by atoms with van der Waals surface area (Å²) in [5.41, 5.74) is 2.07. The zero-order valence-electron chi connectivity index (χ0n) is 9.37. The van der Waals surface area contributed by atoms with Crippen LogP contribution in [-0.2, 0) is 0 Å². The molecule has 0 aliphatic heterocycles. The van der Waals surface area contributed by atoms with Crippen molar-refractivity contribution in [1.29, 1.82) is 0 Å². The third-order valence-corrected chi connectivity index (χ3v) is 3.28. The minimum Gasteiger partial charge on any atom is -0.473 e. The molecule has 3 nitrogen and oxygen atoms in total. The number of halogens is 1. The van der Waals surface area contributed by atoms with Crippen LogP contribution in [0.4, 0.5) is 0 Å². The fourth-order valence-corrected chi connectivity index (χ4v) is 1.94. The zero-order chi connectivity index (χ0) is 11.5. The Hall–Kier alpha value is -1.09. The Bertz CT molecular complexity index is 396. The van der Waals surface area contributed by atoms with Gasteiger partial charge in [0, 0.05) is 0 Å². The van der Waals surface area contributed by atoms with Gasteiger partial charge < -0.3 is 4.74 Å². The van der Waals surface area contributed by atoms with Crippen molar-refractivity contribution in [1.82, 2.24) is 9.97 Å². The number of aromatic nitrogens is 2. The first-order valence-corrected chi connectivity index (χ1v) is 5.85. The summed E-state index contributed by atoms with van der Waals surface area (Å²) >= 11 is 6.07. The number of hydrogen-bond acceptors (Lipinski definition) is 3. The molecule has 1 aromatic heterocycles. The van der Waals surface area contributed by atoms with Gasteiger partial charge in [0.05, 0.1) is 5.69 Å². The average molecular weight is 239 g/mol. The van der Waals surface area contributed by atoms with Gasteiger partial charge in [-0.1, -0.05) is 23.8 Å². The van der Waals surface area contributed by atoms with Crippen molar-refractivity contribution in [2.75, 3.05) is 0 Å². The van der Waals surface area contributed by atoms with E-state index in [4.69, 9.17) is 16.3 Å². The topological polar surface area (TPSA) is 35.0 Å². The molecule has 1 aliphatic carbocycles. The molecule has 1 aromatic rings. The number of hydrogen-bond donors (Lipinski definition) is 0. The third kappa shape index (κ3) is 2.53. The van der Waals surface area contributed by atoms with Gasteiger partial charge >= 0.3 is 0 Å². The summed E-state index contributed by atoms with van der Waals surface area (Å²) in [6.07, 6.45) is 5.75. The van der Waals surface area contributed by atoms with Crippen LogP contribution in [0.3, 0.4) is 0 Å². The van der Waals surface area contributed by atoms with Crippen LogP contribution in [0.15, 0.2) is 18.5 Å². The molecule has 0 amide bonds. The first-order chi connectivity index (χ1) is 7.66. The van der Waals surface area contributed by atoms with Gasteiger partial charge in [0.15, 0.2) is 0 Å². The Morgan fingerprint density at radius 1 is 1.38 bits per heavy atom. The minimum atomic E-state index is 0.206. The van der Waals surface area contributed by atoms with Crippen LogP contribution in [0.25, 0.3) is 0 Å². The predicted octanol–water partition coefficient (Wildman–Crippen LogP) is 3.32. The second-order valence-corrected chi connectivity index (χ2v) is 4.52.